The Labute approximate surface area is 106 Å². The predicted molar refractivity (Wildman–Crippen MR) is 73.1 cm³/mol. The highest BCUT2D eigenvalue weighted by Gasteiger charge is 2.38. The van der Waals surface area contributed by atoms with Crippen LogP contribution in [-0.4, -0.2) is 55.6 Å². The molecular weight excluding hydrogens is 210 g/mol. The Bertz CT molecular complexity index is 228. The minimum Gasteiger partial charge on any atom is -0.329 e. The molecule has 1 saturated heterocycles. The van der Waals surface area contributed by atoms with Gasteiger partial charge in [0.25, 0.3) is 0 Å². The average molecular weight is 239 g/mol. The summed E-state index contributed by atoms with van der Waals surface area (Å²) in [5.74, 6) is 0. The smallest absolute Gasteiger partial charge is 0.0273 e. The van der Waals surface area contributed by atoms with Gasteiger partial charge in [0.15, 0.2) is 0 Å². The van der Waals surface area contributed by atoms with Crippen LogP contribution in [0.3, 0.4) is 0 Å². The van der Waals surface area contributed by atoms with Crippen LogP contribution in [0.25, 0.3) is 0 Å². The van der Waals surface area contributed by atoms with E-state index in [9.17, 15) is 0 Å². The van der Waals surface area contributed by atoms with Gasteiger partial charge in [0, 0.05) is 38.8 Å². The summed E-state index contributed by atoms with van der Waals surface area (Å²) in [4.78, 5) is 5.08. The molecule has 0 aromatic carbocycles. The lowest BCUT2D eigenvalue weighted by molar-refractivity contribution is 0.0210. The lowest BCUT2D eigenvalue weighted by Gasteiger charge is -2.48. The van der Waals surface area contributed by atoms with E-state index < -0.39 is 0 Å². The zero-order valence-corrected chi connectivity index (χ0v) is 11.6. The van der Waals surface area contributed by atoms with Gasteiger partial charge in [-0.1, -0.05) is 26.2 Å². The third kappa shape index (κ3) is 3.01. The highest BCUT2D eigenvalue weighted by atomic mass is 15.3. The maximum absolute atomic E-state index is 6.10. The van der Waals surface area contributed by atoms with Crippen molar-refractivity contribution in [2.24, 2.45) is 11.1 Å². The second-order valence-electron chi connectivity index (χ2n) is 6.31. The van der Waals surface area contributed by atoms with E-state index in [2.05, 4.69) is 23.8 Å². The Hall–Kier alpha value is -0.120. The van der Waals surface area contributed by atoms with E-state index in [4.69, 9.17) is 5.73 Å². The molecule has 1 aliphatic carbocycles. The molecule has 2 N–H and O–H groups in total. The molecule has 0 spiro atoms. The molecule has 0 aromatic rings. The summed E-state index contributed by atoms with van der Waals surface area (Å²) < 4.78 is 0. The van der Waals surface area contributed by atoms with Gasteiger partial charge in [-0.25, -0.2) is 0 Å². The standard InChI is InChI=1S/C14H29N3/c1-14(6-4-3-5-7-14)13(12-15)17-10-8-16(2)9-11-17/h13H,3-12,15H2,1-2H3. The number of nitrogens with zero attached hydrogens (tertiary/aromatic N) is 2. The molecule has 3 nitrogen and oxygen atoms in total. The first-order valence-electron chi connectivity index (χ1n) is 7.28. The summed E-state index contributed by atoms with van der Waals surface area (Å²) >= 11 is 0. The van der Waals surface area contributed by atoms with Crippen LogP contribution >= 0.6 is 0 Å². The van der Waals surface area contributed by atoms with Crippen LogP contribution < -0.4 is 5.73 Å². The van der Waals surface area contributed by atoms with Gasteiger partial charge in [0.05, 0.1) is 0 Å². The monoisotopic (exact) mass is 239 g/mol. The van der Waals surface area contributed by atoms with Crippen molar-refractivity contribution in [2.75, 3.05) is 39.8 Å². The van der Waals surface area contributed by atoms with Crippen LogP contribution in [0.1, 0.15) is 39.0 Å². The third-order valence-electron chi connectivity index (χ3n) is 5.00. The molecule has 3 heteroatoms. The van der Waals surface area contributed by atoms with E-state index in [1.165, 1.54) is 58.3 Å². The number of hydrogen-bond acceptors (Lipinski definition) is 3. The van der Waals surface area contributed by atoms with Crippen LogP contribution in [0, 0.1) is 5.41 Å². The highest BCUT2D eigenvalue weighted by Crippen LogP contribution is 2.40. The fraction of sp³-hybridized carbons (Fsp3) is 1.00. The molecule has 0 radical (unpaired) electrons. The first-order valence-corrected chi connectivity index (χ1v) is 7.28. The molecule has 1 atom stereocenters. The predicted octanol–water partition coefficient (Wildman–Crippen LogP) is 1.53. The third-order valence-corrected chi connectivity index (χ3v) is 5.00. The molecule has 100 valence electrons. The van der Waals surface area contributed by atoms with Gasteiger partial charge in [0.1, 0.15) is 0 Å². The molecule has 1 saturated carbocycles. The molecule has 0 amide bonds. The minimum atomic E-state index is 0.475. The van der Waals surface area contributed by atoms with Gasteiger partial charge in [-0.05, 0) is 25.3 Å². The minimum absolute atomic E-state index is 0.475. The zero-order chi connectivity index (χ0) is 12.3. The first kappa shape index (κ1) is 13.3. The van der Waals surface area contributed by atoms with Gasteiger partial charge in [-0.2, -0.15) is 0 Å². The summed E-state index contributed by atoms with van der Waals surface area (Å²) in [6, 6.07) is 0.608. The summed E-state index contributed by atoms with van der Waals surface area (Å²) in [7, 11) is 2.22. The Kier molecular flexibility index (Phi) is 4.45. The van der Waals surface area contributed by atoms with Crippen molar-refractivity contribution in [2.45, 2.75) is 45.1 Å². The molecule has 0 aromatic heterocycles. The Morgan fingerprint density at radius 1 is 1.06 bits per heavy atom. The van der Waals surface area contributed by atoms with Gasteiger partial charge in [-0.15, -0.1) is 0 Å². The van der Waals surface area contributed by atoms with Crippen molar-refractivity contribution >= 4 is 0 Å². The topological polar surface area (TPSA) is 32.5 Å². The molecule has 1 heterocycles. The van der Waals surface area contributed by atoms with Crippen molar-refractivity contribution in [3.63, 3.8) is 0 Å². The number of likely N-dealkylation sites (N-methyl/N-ethyl adjacent to an activating group) is 1. The Morgan fingerprint density at radius 3 is 2.18 bits per heavy atom. The van der Waals surface area contributed by atoms with E-state index in [1.54, 1.807) is 0 Å². The van der Waals surface area contributed by atoms with E-state index in [-0.39, 0.29) is 0 Å². The SMILES string of the molecule is CN1CCN(C(CN)C2(C)CCCCC2)CC1. The largest absolute Gasteiger partial charge is 0.329 e. The summed E-state index contributed by atoms with van der Waals surface area (Å²) in [5.41, 5.74) is 6.57. The van der Waals surface area contributed by atoms with E-state index in [1.807, 2.05) is 0 Å². The second-order valence-corrected chi connectivity index (χ2v) is 6.31. The maximum Gasteiger partial charge on any atom is 0.0273 e. The molecular formula is C14H29N3. The molecule has 2 fully saturated rings. The van der Waals surface area contributed by atoms with Gasteiger partial charge < -0.3 is 10.6 Å². The summed E-state index contributed by atoms with van der Waals surface area (Å²) in [5, 5.41) is 0. The van der Waals surface area contributed by atoms with Crippen molar-refractivity contribution in [1.29, 1.82) is 0 Å². The molecule has 17 heavy (non-hydrogen) atoms. The number of nitrogens with two attached hydrogens (primary N) is 1. The van der Waals surface area contributed by atoms with Crippen molar-refractivity contribution in [3.05, 3.63) is 0 Å². The van der Waals surface area contributed by atoms with Crippen LogP contribution in [0.5, 0.6) is 0 Å². The fourth-order valence-corrected chi connectivity index (χ4v) is 3.70. The molecule has 1 unspecified atom stereocenters. The second kappa shape index (κ2) is 5.68. The molecule has 0 bridgehead atoms. The molecule has 2 rings (SSSR count). The summed E-state index contributed by atoms with van der Waals surface area (Å²) in [6.07, 6.45) is 6.99. The Balaban J connectivity index is 1.99. The first-order chi connectivity index (χ1) is 8.15. The fourth-order valence-electron chi connectivity index (χ4n) is 3.70. The van der Waals surface area contributed by atoms with E-state index in [0.29, 0.717) is 11.5 Å². The Morgan fingerprint density at radius 2 is 1.65 bits per heavy atom. The van der Waals surface area contributed by atoms with Crippen molar-refractivity contribution in [1.82, 2.24) is 9.80 Å². The molecule has 1 aliphatic heterocycles. The van der Waals surface area contributed by atoms with E-state index in [0.717, 1.165) is 6.54 Å². The van der Waals surface area contributed by atoms with Crippen molar-refractivity contribution in [3.8, 4) is 0 Å². The average Bonchev–Trinajstić information content (AvgIpc) is 2.33. The van der Waals surface area contributed by atoms with Crippen LogP contribution in [0.15, 0.2) is 0 Å². The molecule has 2 aliphatic rings. The zero-order valence-electron chi connectivity index (χ0n) is 11.6. The number of rotatable bonds is 3. The normalized spacial score (nSPS) is 29.1. The lowest BCUT2D eigenvalue weighted by Crippen LogP contribution is -2.57. The van der Waals surface area contributed by atoms with E-state index >= 15 is 0 Å². The number of hydrogen-bond donors (Lipinski definition) is 1. The summed E-state index contributed by atoms with van der Waals surface area (Å²) in [6.45, 7) is 8.11. The van der Waals surface area contributed by atoms with Crippen LogP contribution in [0.2, 0.25) is 0 Å². The van der Waals surface area contributed by atoms with Gasteiger partial charge >= 0.3 is 0 Å². The van der Waals surface area contributed by atoms with Gasteiger partial charge in [-0.3, -0.25) is 4.90 Å². The quantitative estimate of drug-likeness (QED) is 0.811. The number of piperazine rings is 1. The van der Waals surface area contributed by atoms with Gasteiger partial charge in [0.2, 0.25) is 0 Å². The van der Waals surface area contributed by atoms with Crippen LogP contribution in [0.4, 0.5) is 0 Å². The highest BCUT2D eigenvalue weighted by molar-refractivity contribution is 4.93. The maximum atomic E-state index is 6.10. The van der Waals surface area contributed by atoms with Crippen molar-refractivity contribution < 1.29 is 0 Å². The van der Waals surface area contributed by atoms with Crippen LogP contribution in [-0.2, 0) is 0 Å². The lowest BCUT2D eigenvalue weighted by atomic mass is 9.70.